The Morgan fingerprint density at radius 1 is 1.05 bits per heavy atom. The van der Waals surface area contributed by atoms with E-state index in [-0.39, 0.29) is 5.91 Å². The number of thioether (sulfide) groups is 1. The Labute approximate surface area is 134 Å². The minimum atomic E-state index is -0.0537. The van der Waals surface area contributed by atoms with Gasteiger partial charge >= 0.3 is 0 Å². The van der Waals surface area contributed by atoms with Gasteiger partial charge in [-0.2, -0.15) is 0 Å². The highest BCUT2D eigenvalue weighted by molar-refractivity contribution is 7.99. The topological polar surface area (TPSA) is 41.1 Å². The molecule has 1 amide bonds. The average molecular weight is 321 g/mol. The monoisotopic (exact) mass is 320 g/mol. The van der Waals surface area contributed by atoms with E-state index < -0.39 is 0 Å². The van der Waals surface area contributed by atoms with Crippen molar-refractivity contribution in [1.29, 1.82) is 0 Å². The van der Waals surface area contributed by atoms with Crippen molar-refractivity contribution in [3.63, 3.8) is 0 Å². The van der Waals surface area contributed by atoms with Crippen LogP contribution in [0.15, 0.2) is 59.5 Å². The zero-order chi connectivity index (χ0) is 14.9. The lowest BCUT2D eigenvalue weighted by Gasteiger charge is -2.07. The van der Waals surface area contributed by atoms with Crippen molar-refractivity contribution in [1.82, 2.24) is 5.32 Å². The number of nitrogens with one attached hydrogen (secondary N) is 2. The van der Waals surface area contributed by atoms with Crippen molar-refractivity contribution in [2.24, 2.45) is 0 Å². The molecule has 2 N–H and O–H groups in total. The standard InChI is InChI=1S/C16H17ClN2OS/c17-13-6-8-14(9-7-13)19-16(20)12-18-10-11-21-15-4-2-1-3-5-15/h1-9,18H,10-12H2,(H,19,20). The minimum Gasteiger partial charge on any atom is -0.325 e. The lowest BCUT2D eigenvalue weighted by atomic mass is 10.3. The predicted octanol–water partition coefficient (Wildman–Crippen LogP) is 3.66. The van der Waals surface area contributed by atoms with Crippen molar-refractivity contribution in [3.05, 3.63) is 59.6 Å². The molecule has 2 aromatic carbocycles. The third-order valence-corrected chi connectivity index (χ3v) is 3.97. The van der Waals surface area contributed by atoms with Gasteiger partial charge in [0.15, 0.2) is 0 Å². The molecule has 0 fully saturated rings. The second kappa shape index (κ2) is 8.72. The average Bonchev–Trinajstić information content (AvgIpc) is 2.50. The van der Waals surface area contributed by atoms with E-state index in [4.69, 9.17) is 11.6 Å². The van der Waals surface area contributed by atoms with Crippen LogP contribution >= 0.6 is 23.4 Å². The number of carbonyl (C=O) groups excluding carboxylic acids is 1. The molecule has 0 bridgehead atoms. The third-order valence-electron chi connectivity index (χ3n) is 2.70. The number of halogens is 1. The Hall–Kier alpha value is -1.49. The number of benzene rings is 2. The van der Waals surface area contributed by atoms with E-state index in [0.29, 0.717) is 11.6 Å². The summed E-state index contributed by atoms with van der Waals surface area (Å²) in [7, 11) is 0. The first-order valence-electron chi connectivity index (χ1n) is 6.68. The number of amides is 1. The summed E-state index contributed by atoms with van der Waals surface area (Å²) in [6, 6.07) is 17.3. The smallest absolute Gasteiger partial charge is 0.238 e. The van der Waals surface area contributed by atoms with Gasteiger partial charge in [-0.3, -0.25) is 4.79 Å². The molecule has 0 aliphatic carbocycles. The Balaban J connectivity index is 1.60. The second-order valence-corrected chi connectivity index (χ2v) is 6.00. The lowest BCUT2D eigenvalue weighted by Crippen LogP contribution is -2.29. The van der Waals surface area contributed by atoms with Crippen LogP contribution in [-0.4, -0.2) is 24.7 Å². The summed E-state index contributed by atoms with van der Waals surface area (Å²) in [5.41, 5.74) is 0.755. The molecule has 110 valence electrons. The third kappa shape index (κ3) is 6.21. The summed E-state index contributed by atoms with van der Waals surface area (Å²) < 4.78 is 0. The molecule has 0 aromatic heterocycles. The van der Waals surface area contributed by atoms with Gasteiger partial charge in [-0.25, -0.2) is 0 Å². The Morgan fingerprint density at radius 2 is 1.76 bits per heavy atom. The molecule has 21 heavy (non-hydrogen) atoms. The molecule has 2 rings (SSSR count). The first-order valence-corrected chi connectivity index (χ1v) is 8.04. The summed E-state index contributed by atoms with van der Waals surface area (Å²) >= 11 is 7.56. The molecule has 5 heteroatoms. The maximum Gasteiger partial charge on any atom is 0.238 e. The molecule has 0 spiro atoms. The van der Waals surface area contributed by atoms with Gasteiger partial charge in [0.1, 0.15) is 0 Å². The van der Waals surface area contributed by atoms with E-state index in [1.54, 1.807) is 36.0 Å². The van der Waals surface area contributed by atoms with Gasteiger partial charge in [0.2, 0.25) is 5.91 Å². The summed E-state index contributed by atoms with van der Waals surface area (Å²) in [6.07, 6.45) is 0. The van der Waals surface area contributed by atoms with E-state index in [0.717, 1.165) is 18.0 Å². The fourth-order valence-electron chi connectivity index (χ4n) is 1.70. The predicted molar refractivity (Wildman–Crippen MR) is 90.1 cm³/mol. The van der Waals surface area contributed by atoms with Gasteiger partial charge in [0, 0.05) is 27.9 Å². The zero-order valence-electron chi connectivity index (χ0n) is 11.5. The molecule has 3 nitrogen and oxygen atoms in total. The largest absolute Gasteiger partial charge is 0.325 e. The van der Waals surface area contributed by atoms with Crippen LogP contribution in [0.3, 0.4) is 0 Å². The van der Waals surface area contributed by atoms with E-state index >= 15 is 0 Å². The van der Waals surface area contributed by atoms with Crippen molar-refractivity contribution in [2.75, 3.05) is 24.2 Å². The molecule has 0 radical (unpaired) electrons. The fourth-order valence-corrected chi connectivity index (χ4v) is 2.66. The number of carbonyl (C=O) groups is 1. The number of hydrogen-bond donors (Lipinski definition) is 2. The molecular weight excluding hydrogens is 304 g/mol. The molecule has 0 heterocycles. The molecule has 0 aliphatic heterocycles. The number of anilines is 1. The highest BCUT2D eigenvalue weighted by atomic mass is 35.5. The molecule has 0 aliphatic rings. The molecule has 0 saturated carbocycles. The van der Waals surface area contributed by atoms with E-state index in [1.165, 1.54) is 4.90 Å². The van der Waals surface area contributed by atoms with Crippen molar-refractivity contribution in [3.8, 4) is 0 Å². The molecule has 0 unspecified atom stereocenters. The number of hydrogen-bond acceptors (Lipinski definition) is 3. The van der Waals surface area contributed by atoms with Crippen molar-refractivity contribution >= 4 is 35.0 Å². The van der Waals surface area contributed by atoms with Crippen LogP contribution < -0.4 is 10.6 Å². The SMILES string of the molecule is O=C(CNCCSc1ccccc1)Nc1ccc(Cl)cc1. The van der Waals surface area contributed by atoms with Crippen LogP contribution in [-0.2, 0) is 4.79 Å². The summed E-state index contributed by atoms with van der Waals surface area (Å²) in [6.45, 7) is 1.09. The first-order chi connectivity index (χ1) is 10.2. The quantitative estimate of drug-likeness (QED) is 0.604. The normalized spacial score (nSPS) is 10.3. The van der Waals surface area contributed by atoms with Crippen LogP contribution in [0.4, 0.5) is 5.69 Å². The zero-order valence-corrected chi connectivity index (χ0v) is 13.1. The van der Waals surface area contributed by atoms with Crippen LogP contribution in [0, 0.1) is 0 Å². The molecule has 2 aromatic rings. The lowest BCUT2D eigenvalue weighted by molar-refractivity contribution is -0.115. The van der Waals surface area contributed by atoms with Crippen molar-refractivity contribution in [2.45, 2.75) is 4.90 Å². The van der Waals surface area contributed by atoms with Gasteiger partial charge in [0.05, 0.1) is 6.54 Å². The fraction of sp³-hybridized carbons (Fsp3) is 0.188. The van der Waals surface area contributed by atoms with E-state index in [2.05, 4.69) is 22.8 Å². The van der Waals surface area contributed by atoms with E-state index in [1.807, 2.05) is 18.2 Å². The molecular formula is C16H17ClN2OS. The van der Waals surface area contributed by atoms with Crippen LogP contribution in [0.5, 0.6) is 0 Å². The summed E-state index contributed by atoms with van der Waals surface area (Å²) in [5, 5.41) is 6.60. The van der Waals surface area contributed by atoms with Gasteiger partial charge in [-0.05, 0) is 36.4 Å². The summed E-state index contributed by atoms with van der Waals surface area (Å²) in [5.74, 6) is 0.875. The van der Waals surface area contributed by atoms with Crippen LogP contribution in [0.2, 0.25) is 5.02 Å². The molecule has 0 atom stereocenters. The Bertz CT molecular complexity index is 560. The number of rotatable bonds is 7. The van der Waals surface area contributed by atoms with Gasteiger partial charge in [-0.1, -0.05) is 29.8 Å². The van der Waals surface area contributed by atoms with Gasteiger partial charge < -0.3 is 10.6 Å². The van der Waals surface area contributed by atoms with Crippen LogP contribution in [0.1, 0.15) is 0 Å². The maximum absolute atomic E-state index is 11.7. The second-order valence-electron chi connectivity index (χ2n) is 4.39. The van der Waals surface area contributed by atoms with Crippen molar-refractivity contribution < 1.29 is 4.79 Å². The van der Waals surface area contributed by atoms with E-state index in [9.17, 15) is 4.79 Å². The molecule has 0 saturated heterocycles. The first kappa shape index (κ1) is 15.9. The summed E-state index contributed by atoms with van der Waals surface area (Å²) in [4.78, 5) is 13.0. The van der Waals surface area contributed by atoms with Gasteiger partial charge in [0.25, 0.3) is 0 Å². The van der Waals surface area contributed by atoms with Crippen LogP contribution in [0.25, 0.3) is 0 Å². The Morgan fingerprint density at radius 3 is 2.48 bits per heavy atom. The minimum absolute atomic E-state index is 0.0537. The highest BCUT2D eigenvalue weighted by Gasteiger charge is 2.01. The van der Waals surface area contributed by atoms with Gasteiger partial charge in [-0.15, -0.1) is 11.8 Å². The highest BCUT2D eigenvalue weighted by Crippen LogP contribution is 2.15. The Kier molecular flexibility index (Phi) is 6.60. The maximum atomic E-state index is 11.7.